The van der Waals surface area contributed by atoms with Gasteiger partial charge in [-0.1, -0.05) is 25.1 Å². The van der Waals surface area contributed by atoms with Gasteiger partial charge in [0.25, 0.3) is 0 Å². The summed E-state index contributed by atoms with van der Waals surface area (Å²) in [5, 5.41) is 8.04. The number of fused-ring (bicyclic) bond motifs is 3. The second-order valence-electron chi connectivity index (χ2n) is 16.2. The molecule has 7 atom stereocenters. The molecule has 4 fully saturated rings. The summed E-state index contributed by atoms with van der Waals surface area (Å²) < 4.78 is 34.3. The van der Waals surface area contributed by atoms with Crippen LogP contribution in [0.4, 0.5) is 8.78 Å². The van der Waals surface area contributed by atoms with Crippen LogP contribution in [0, 0.1) is 31.4 Å². The van der Waals surface area contributed by atoms with Crippen molar-refractivity contribution >= 4 is 41.4 Å². The van der Waals surface area contributed by atoms with Crippen molar-refractivity contribution in [2.45, 2.75) is 115 Å². The molecule has 14 nitrogen and oxygen atoms in total. The van der Waals surface area contributed by atoms with Gasteiger partial charge in [-0.25, -0.2) is 13.6 Å². The van der Waals surface area contributed by atoms with Crippen molar-refractivity contribution in [2.24, 2.45) is 5.92 Å². The lowest BCUT2D eigenvalue weighted by molar-refractivity contribution is -0.158. The molecule has 312 valence electrons. The van der Waals surface area contributed by atoms with E-state index in [2.05, 4.69) is 16.0 Å². The number of benzene rings is 2. The number of nitrogens with zero attached hydrogens (tertiary/aromatic N) is 3. The van der Waals surface area contributed by atoms with Gasteiger partial charge in [-0.15, -0.1) is 0 Å². The number of ether oxygens (including phenoxy) is 1. The second-order valence-corrected chi connectivity index (χ2v) is 16.2. The van der Waals surface area contributed by atoms with E-state index in [4.69, 9.17) is 4.74 Å². The maximum atomic E-state index is 14.5. The number of aryl methyl sites for hydroxylation is 2. The van der Waals surface area contributed by atoms with E-state index in [-0.39, 0.29) is 56.8 Å². The first-order valence-corrected chi connectivity index (χ1v) is 20.1. The van der Waals surface area contributed by atoms with Crippen molar-refractivity contribution in [3.63, 3.8) is 0 Å². The van der Waals surface area contributed by atoms with Crippen LogP contribution in [0.5, 0.6) is 0 Å². The fraction of sp³-hybridized carbons (Fsp3) is 0.548. The molecule has 0 radical (unpaired) electrons. The first-order chi connectivity index (χ1) is 27.6. The molecule has 4 aliphatic rings. The van der Waals surface area contributed by atoms with Gasteiger partial charge in [0.2, 0.25) is 35.4 Å². The van der Waals surface area contributed by atoms with Crippen molar-refractivity contribution in [3.05, 3.63) is 70.3 Å². The maximum Gasteiger partial charge on any atom is 0.328 e. The maximum absolute atomic E-state index is 14.5. The highest BCUT2D eigenvalue weighted by Gasteiger charge is 2.46. The zero-order chi connectivity index (χ0) is 41.8. The average molecular weight is 807 g/mol. The first-order valence-electron chi connectivity index (χ1n) is 20.1. The van der Waals surface area contributed by atoms with Crippen LogP contribution in [0.15, 0.2) is 36.4 Å². The first kappa shape index (κ1) is 42.2. The molecule has 4 heterocycles. The molecule has 2 aromatic rings. The van der Waals surface area contributed by atoms with E-state index in [1.54, 1.807) is 6.07 Å². The quantitative estimate of drug-likeness (QED) is 0.357. The van der Waals surface area contributed by atoms with Gasteiger partial charge in [0.15, 0.2) is 0 Å². The number of esters is 1. The standard InChI is InChI=1S/C42H52F2N6O8/c1-23-14-35-42(57)58-22-32(47-37(52)31(18-28-16-29(43)20-30(44)17-28)46-36(51)19-27-11-10-24(2)25(3)15-27)40(55)49-13-7-9-34(49)41(56)48-12-6-5-8-33(48)38(53)45-26(4)39(54)50(35)21-23/h10-11,15-17,20,23,26,31-35H,5-9,12-14,18-19,21-22H2,1-4H3,(H,45,53)(H,46,51)(H,47,52)/t23-,26-,31-,32-,33?,34?,35?/m0/s1. The van der Waals surface area contributed by atoms with Gasteiger partial charge < -0.3 is 35.4 Å². The summed E-state index contributed by atoms with van der Waals surface area (Å²) in [7, 11) is 0. The third-order valence-corrected chi connectivity index (χ3v) is 11.7. The highest BCUT2D eigenvalue weighted by atomic mass is 19.1. The molecule has 0 bridgehead atoms. The number of cyclic esters (lactones) is 1. The minimum absolute atomic E-state index is 0.0551. The number of halogens is 2. The Kier molecular flexibility index (Phi) is 13.1. The molecular formula is C42H52F2N6O8. The molecule has 4 saturated heterocycles. The highest BCUT2D eigenvalue weighted by Crippen LogP contribution is 2.28. The van der Waals surface area contributed by atoms with Gasteiger partial charge in [-0.05, 0) is 99.6 Å². The molecular weight excluding hydrogens is 754 g/mol. The molecule has 16 heteroatoms. The zero-order valence-corrected chi connectivity index (χ0v) is 33.4. The van der Waals surface area contributed by atoms with E-state index < -0.39 is 95.9 Å². The Morgan fingerprint density at radius 1 is 0.810 bits per heavy atom. The van der Waals surface area contributed by atoms with Crippen LogP contribution in [0.25, 0.3) is 0 Å². The normalized spacial score (nSPS) is 26.3. The van der Waals surface area contributed by atoms with Crippen LogP contribution >= 0.6 is 0 Å². The van der Waals surface area contributed by atoms with Gasteiger partial charge in [-0.2, -0.15) is 0 Å². The number of carbonyl (C=O) groups is 7. The molecule has 0 aliphatic carbocycles. The van der Waals surface area contributed by atoms with E-state index in [0.717, 1.165) is 23.3 Å². The van der Waals surface area contributed by atoms with Crippen LogP contribution in [-0.2, 0) is 51.1 Å². The molecule has 0 aromatic heterocycles. The number of carbonyl (C=O) groups excluding carboxylic acids is 7. The van der Waals surface area contributed by atoms with Crippen LogP contribution < -0.4 is 16.0 Å². The van der Waals surface area contributed by atoms with E-state index in [1.165, 1.54) is 21.6 Å². The summed E-state index contributed by atoms with van der Waals surface area (Å²) in [5.74, 6) is -6.37. The Balaban J connectivity index is 1.31. The third kappa shape index (κ3) is 9.64. The van der Waals surface area contributed by atoms with Gasteiger partial charge in [-0.3, -0.25) is 28.8 Å². The molecule has 4 aliphatic heterocycles. The topological polar surface area (TPSA) is 175 Å². The summed E-state index contributed by atoms with van der Waals surface area (Å²) in [6.07, 6.45) is 2.17. The van der Waals surface area contributed by atoms with Crippen LogP contribution in [0.3, 0.4) is 0 Å². The SMILES string of the molecule is Cc1ccc(CC(=O)N[C@@H](Cc2cc(F)cc(F)c2)C(=O)N[C@H]2COC(=O)C3C[C@H](C)CN3C(=O)[C@H](C)NC(=O)C3CCCCN3C(=O)C3CCCN3C2=O)cc1C. The van der Waals surface area contributed by atoms with Crippen molar-refractivity contribution < 1.29 is 47.1 Å². The van der Waals surface area contributed by atoms with Crippen LogP contribution in [0.1, 0.15) is 74.6 Å². The molecule has 3 unspecified atom stereocenters. The lowest BCUT2D eigenvalue weighted by atomic mass is 9.99. The number of hydrogen-bond acceptors (Lipinski definition) is 8. The predicted molar refractivity (Wildman–Crippen MR) is 205 cm³/mol. The minimum Gasteiger partial charge on any atom is -0.461 e. The summed E-state index contributed by atoms with van der Waals surface area (Å²) in [6.45, 7) is 7.16. The fourth-order valence-electron chi connectivity index (χ4n) is 8.51. The summed E-state index contributed by atoms with van der Waals surface area (Å²) in [5.41, 5.74) is 2.69. The molecule has 0 saturated carbocycles. The largest absolute Gasteiger partial charge is 0.461 e. The number of rotatable bonds is 7. The van der Waals surface area contributed by atoms with Crippen molar-refractivity contribution in [3.8, 4) is 0 Å². The predicted octanol–water partition coefficient (Wildman–Crippen LogP) is 2.01. The molecule has 6 amide bonds. The lowest BCUT2D eigenvalue weighted by Gasteiger charge is -2.39. The van der Waals surface area contributed by atoms with Crippen molar-refractivity contribution in [2.75, 3.05) is 26.2 Å². The lowest BCUT2D eigenvalue weighted by Crippen LogP contribution is -2.62. The second kappa shape index (κ2) is 18.0. The summed E-state index contributed by atoms with van der Waals surface area (Å²) >= 11 is 0. The van der Waals surface area contributed by atoms with Gasteiger partial charge in [0.05, 0.1) is 6.42 Å². The van der Waals surface area contributed by atoms with E-state index in [1.807, 2.05) is 32.9 Å². The smallest absolute Gasteiger partial charge is 0.328 e. The number of piperidine rings is 1. The summed E-state index contributed by atoms with van der Waals surface area (Å²) in [6, 6.07) is 1.29. The molecule has 58 heavy (non-hydrogen) atoms. The third-order valence-electron chi connectivity index (χ3n) is 11.7. The molecule has 3 N–H and O–H groups in total. The average Bonchev–Trinajstić information content (AvgIpc) is 3.83. The van der Waals surface area contributed by atoms with Crippen molar-refractivity contribution in [1.82, 2.24) is 30.7 Å². The van der Waals surface area contributed by atoms with E-state index in [0.29, 0.717) is 37.3 Å². The Hall–Kier alpha value is -5.41. The number of nitrogens with one attached hydrogen (secondary N) is 3. The minimum atomic E-state index is -1.57. The highest BCUT2D eigenvalue weighted by molar-refractivity contribution is 5.98. The summed E-state index contributed by atoms with van der Waals surface area (Å²) in [4.78, 5) is 102. The van der Waals surface area contributed by atoms with E-state index >= 15 is 0 Å². The Morgan fingerprint density at radius 3 is 2.22 bits per heavy atom. The molecule has 0 spiro atoms. The number of amides is 6. The molecule has 2 aromatic carbocycles. The number of hydrogen-bond donors (Lipinski definition) is 3. The van der Waals surface area contributed by atoms with Crippen molar-refractivity contribution in [1.29, 1.82) is 0 Å². The van der Waals surface area contributed by atoms with Gasteiger partial charge in [0, 0.05) is 32.1 Å². The van der Waals surface area contributed by atoms with Gasteiger partial charge in [0.1, 0.15) is 54.5 Å². The fourth-order valence-corrected chi connectivity index (χ4v) is 8.51. The van der Waals surface area contributed by atoms with Crippen LogP contribution in [-0.4, -0.2) is 119 Å². The van der Waals surface area contributed by atoms with Gasteiger partial charge >= 0.3 is 5.97 Å². The Bertz CT molecular complexity index is 1940. The Morgan fingerprint density at radius 2 is 1.50 bits per heavy atom. The van der Waals surface area contributed by atoms with Crippen LogP contribution in [0.2, 0.25) is 0 Å². The molecule has 6 rings (SSSR count). The van der Waals surface area contributed by atoms with E-state index in [9.17, 15) is 42.3 Å². The monoisotopic (exact) mass is 806 g/mol. The zero-order valence-electron chi connectivity index (χ0n) is 33.4. The Labute approximate surface area is 336 Å².